The van der Waals surface area contributed by atoms with E-state index < -0.39 is 0 Å². The Labute approximate surface area is 321 Å². The summed E-state index contributed by atoms with van der Waals surface area (Å²) in [4.78, 5) is 20.5. The van der Waals surface area contributed by atoms with Gasteiger partial charge < -0.3 is 0 Å². The molecule has 56 heavy (non-hydrogen) atoms. The summed E-state index contributed by atoms with van der Waals surface area (Å²) in [6.45, 7) is 0. The molecule has 0 aliphatic rings. The summed E-state index contributed by atoms with van der Waals surface area (Å²) in [5.74, 6) is 0. The summed E-state index contributed by atoms with van der Waals surface area (Å²) in [5.41, 5.74) is 11.0. The molecule has 0 bridgehead atoms. The van der Waals surface area contributed by atoms with Crippen LogP contribution in [-0.4, -0.2) is 19.9 Å². The normalized spacial score (nSPS) is 11.9. The first-order valence-corrected chi connectivity index (χ1v) is 19.0. The maximum Gasteiger partial charge on any atom is 0.0978 e. The second kappa shape index (κ2) is 12.0. The van der Waals surface area contributed by atoms with Gasteiger partial charge >= 0.3 is 0 Å². The highest BCUT2D eigenvalue weighted by molar-refractivity contribution is 6.26. The molecular formula is C52H30N4. The van der Waals surface area contributed by atoms with Gasteiger partial charge in [-0.25, -0.2) is 15.0 Å². The van der Waals surface area contributed by atoms with Crippen LogP contribution in [0.2, 0.25) is 0 Å². The Kier molecular flexibility index (Phi) is 6.60. The molecule has 0 fully saturated rings. The smallest absolute Gasteiger partial charge is 0.0978 e. The summed E-state index contributed by atoms with van der Waals surface area (Å²) in [6, 6.07) is 62.6. The molecule has 0 saturated heterocycles. The summed E-state index contributed by atoms with van der Waals surface area (Å²) in [6.07, 6.45) is 1.84. The molecule has 0 saturated carbocycles. The molecule has 4 nitrogen and oxygen atoms in total. The topological polar surface area (TPSA) is 51.6 Å². The van der Waals surface area contributed by atoms with E-state index >= 15 is 0 Å². The molecule has 4 aromatic heterocycles. The molecule has 0 N–H and O–H groups in total. The van der Waals surface area contributed by atoms with Crippen LogP contribution in [0.25, 0.3) is 120 Å². The second-order valence-electron chi connectivity index (χ2n) is 14.6. The van der Waals surface area contributed by atoms with Crippen molar-refractivity contribution in [2.75, 3.05) is 0 Å². The lowest BCUT2D eigenvalue weighted by Crippen LogP contribution is -1.93. The highest BCUT2D eigenvalue weighted by atomic mass is 14.8. The monoisotopic (exact) mass is 710 g/mol. The third-order valence-corrected chi connectivity index (χ3v) is 11.4. The molecule has 12 rings (SSSR count). The first-order valence-electron chi connectivity index (χ1n) is 19.0. The molecule has 258 valence electrons. The highest BCUT2D eigenvalue weighted by Crippen LogP contribution is 2.41. The van der Waals surface area contributed by atoms with Gasteiger partial charge in [-0.3, -0.25) is 4.98 Å². The first kappa shape index (κ1) is 30.9. The van der Waals surface area contributed by atoms with Crippen LogP contribution in [-0.2, 0) is 0 Å². The lowest BCUT2D eigenvalue weighted by atomic mass is 9.91. The molecule has 0 radical (unpaired) electrons. The number of pyridine rings is 4. The molecule has 0 aliphatic carbocycles. The van der Waals surface area contributed by atoms with Crippen molar-refractivity contribution in [1.29, 1.82) is 0 Å². The molecule has 0 spiro atoms. The molecule has 0 aliphatic heterocycles. The van der Waals surface area contributed by atoms with E-state index in [1.54, 1.807) is 0 Å². The predicted molar refractivity (Wildman–Crippen MR) is 234 cm³/mol. The summed E-state index contributed by atoms with van der Waals surface area (Å²) < 4.78 is 0. The fourth-order valence-corrected chi connectivity index (χ4v) is 8.77. The van der Waals surface area contributed by atoms with Gasteiger partial charge in [0, 0.05) is 49.8 Å². The SMILES string of the molecule is c1ccc(-c2c3ccccc3nc3c2ccc2ccc(-c4ccc5c6ccc(-c7ccc8ccc9cccnc9c8n7)cc6c6ccccc6c5c4)nc23)cc1. The molecule has 4 heteroatoms. The number of rotatable bonds is 3. The van der Waals surface area contributed by atoms with E-state index in [4.69, 9.17) is 15.0 Å². The summed E-state index contributed by atoms with van der Waals surface area (Å²) in [7, 11) is 0. The lowest BCUT2D eigenvalue weighted by molar-refractivity contribution is 1.37. The third-order valence-electron chi connectivity index (χ3n) is 11.4. The minimum absolute atomic E-state index is 0.907. The van der Waals surface area contributed by atoms with Gasteiger partial charge in [0.1, 0.15) is 0 Å². The van der Waals surface area contributed by atoms with E-state index in [0.717, 1.165) is 77.0 Å². The van der Waals surface area contributed by atoms with Crippen molar-refractivity contribution >= 4 is 86.8 Å². The fourth-order valence-electron chi connectivity index (χ4n) is 8.77. The van der Waals surface area contributed by atoms with Gasteiger partial charge in [-0.05, 0) is 74.3 Å². The Morgan fingerprint density at radius 1 is 0.286 bits per heavy atom. The van der Waals surface area contributed by atoms with Crippen molar-refractivity contribution in [2.45, 2.75) is 0 Å². The molecule has 0 unspecified atom stereocenters. The number of nitrogens with zero attached hydrogens (tertiary/aromatic N) is 4. The molecule has 0 atom stereocenters. The zero-order valence-electron chi connectivity index (χ0n) is 30.1. The van der Waals surface area contributed by atoms with Crippen molar-refractivity contribution < 1.29 is 0 Å². The quantitative estimate of drug-likeness (QED) is 0.135. The molecule has 8 aromatic carbocycles. The average Bonchev–Trinajstić information content (AvgIpc) is 3.27. The lowest BCUT2D eigenvalue weighted by Gasteiger charge is -2.14. The largest absolute Gasteiger partial charge is 0.254 e. The second-order valence-corrected chi connectivity index (χ2v) is 14.6. The predicted octanol–water partition coefficient (Wildman–Crippen LogP) is 13.5. The van der Waals surface area contributed by atoms with Crippen molar-refractivity contribution in [3.8, 4) is 33.6 Å². The first-order chi connectivity index (χ1) is 27.7. The highest BCUT2D eigenvalue weighted by Gasteiger charge is 2.16. The van der Waals surface area contributed by atoms with Crippen LogP contribution in [0.3, 0.4) is 0 Å². The molecule has 12 aromatic rings. The van der Waals surface area contributed by atoms with Crippen LogP contribution in [0.4, 0.5) is 0 Å². The molecular weight excluding hydrogens is 681 g/mol. The Balaban J connectivity index is 1.03. The Bertz CT molecular complexity index is 3570. The number of aromatic nitrogens is 4. The minimum atomic E-state index is 0.907. The van der Waals surface area contributed by atoms with Crippen LogP contribution in [0, 0.1) is 0 Å². The Morgan fingerprint density at radius 2 is 0.804 bits per heavy atom. The summed E-state index contributed by atoms with van der Waals surface area (Å²) in [5, 5.41) is 12.8. The fraction of sp³-hybridized carbons (Fsp3) is 0. The van der Waals surface area contributed by atoms with Crippen LogP contribution in [0.1, 0.15) is 0 Å². The zero-order valence-corrected chi connectivity index (χ0v) is 30.1. The van der Waals surface area contributed by atoms with Crippen molar-refractivity contribution in [3.63, 3.8) is 0 Å². The number of benzene rings is 8. The maximum atomic E-state index is 5.38. The molecule has 4 heterocycles. The maximum absolute atomic E-state index is 5.38. The standard InChI is InChI=1S/C52H30N4/c1-2-9-31(10-3-1)48-41-14-6-7-15-47(41)56-52-42(48)25-18-34-22-27-46(55-51(34)52)36-20-24-40-39-23-19-35(29-43(39)37-12-4-5-13-38(37)44(40)30-36)45-26-21-33-17-16-32-11-8-28-53-49(32)50(33)54-45/h1-30H. The van der Waals surface area contributed by atoms with Gasteiger partial charge in [0.05, 0.1) is 39.0 Å². The van der Waals surface area contributed by atoms with E-state index in [-0.39, 0.29) is 0 Å². The Morgan fingerprint density at radius 3 is 1.48 bits per heavy atom. The van der Waals surface area contributed by atoms with Gasteiger partial charge in [-0.15, -0.1) is 0 Å². The van der Waals surface area contributed by atoms with Gasteiger partial charge in [0.15, 0.2) is 0 Å². The van der Waals surface area contributed by atoms with Crippen LogP contribution < -0.4 is 0 Å². The number of para-hydroxylation sites is 1. The third kappa shape index (κ3) is 4.66. The van der Waals surface area contributed by atoms with E-state index in [2.05, 4.69) is 175 Å². The van der Waals surface area contributed by atoms with Gasteiger partial charge in [-0.2, -0.15) is 0 Å². The van der Waals surface area contributed by atoms with Crippen LogP contribution in [0.5, 0.6) is 0 Å². The van der Waals surface area contributed by atoms with Crippen molar-refractivity contribution in [3.05, 3.63) is 182 Å². The van der Waals surface area contributed by atoms with Crippen LogP contribution in [0.15, 0.2) is 182 Å². The minimum Gasteiger partial charge on any atom is -0.254 e. The molecule has 0 amide bonds. The van der Waals surface area contributed by atoms with Gasteiger partial charge in [0.2, 0.25) is 0 Å². The van der Waals surface area contributed by atoms with Crippen molar-refractivity contribution in [1.82, 2.24) is 19.9 Å². The van der Waals surface area contributed by atoms with Gasteiger partial charge in [-0.1, -0.05) is 140 Å². The number of hydrogen-bond donors (Lipinski definition) is 0. The Hall–Kier alpha value is -7.56. The zero-order chi connectivity index (χ0) is 36.7. The van der Waals surface area contributed by atoms with E-state index in [1.807, 2.05) is 12.3 Å². The number of fused-ring (bicyclic) bond motifs is 13. The van der Waals surface area contributed by atoms with E-state index in [1.165, 1.54) is 43.4 Å². The van der Waals surface area contributed by atoms with Crippen LogP contribution >= 0.6 is 0 Å². The summed E-state index contributed by atoms with van der Waals surface area (Å²) >= 11 is 0. The van der Waals surface area contributed by atoms with Gasteiger partial charge in [0.25, 0.3) is 0 Å². The van der Waals surface area contributed by atoms with Crippen molar-refractivity contribution in [2.24, 2.45) is 0 Å². The number of hydrogen-bond acceptors (Lipinski definition) is 4. The average molecular weight is 711 g/mol. The van der Waals surface area contributed by atoms with E-state index in [0.29, 0.717) is 0 Å². The van der Waals surface area contributed by atoms with E-state index in [9.17, 15) is 0 Å².